The van der Waals surface area contributed by atoms with E-state index in [9.17, 15) is 4.79 Å². The lowest BCUT2D eigenvalue weighted by Crippen LogP contribution is -2.54. The molecular formula is C18H30N6OS. The number of rotatable bonds is 4. The molecule has 7 nitrogen and oxygen atoms in total. The van der Waals surface area contributed by atoms with Gasteiger partial charge in [0, 0.05) is 51.2 Å². The quantitative estimate of drug-likeness (QED) is 0.627. The third kappa shape index (κ3) is 4.73. The zero-order valence-corrected chi connectivity index (χ0v) is 16.9. The molecule has 0 aromatic carbocycles. The molecule has 0 saturated carbocycles. The highest BCUT2D eigenvalue weighted by Gasteiger charge is 2.24. The Bertz CT molecular complexity index is 644. The number of carbonyl (C=O) groups excluding carboxylic acids is 1. The molecule has 0 bridgehead atoms. The van der Waals surface area contributed by atoms with Crippen LogP contribution in [0.2, 0.25) is 0 Å². The maximum absolute atomic E-state index is 12.3. The molecule has 2 fully saturated rings. The van der Waals surface area contributed by atoms with Gasteiger partial charge >= 0.3 is 0 Å². The van der Waals surface area contributed by atoms with E-state index in [4.69, 9.17) is 0 Å². The number of piperazine rings is 1. The Morgan fingerprint density at radius 1 is 1.12 bits per heavy atom. The van der Waals surface area contributed by atoms with Crippen LogP contribution in [0.1, 0.15) is 28.4 Å². The maximum Gasteiger partial charge on any atom is 0.236 e. The highest BCUT2D eigenvalue weighted by atomic mass is 32.1. The molecule has 0 aliphatic carbocycles. The van der Waals surface area contributed by atoms with Crippen molar-refractivity contribution in [3.05, 3.63) is 15.6 Å². The van der Waals surface area contributed by atoms with Gasteiger partial charge in [-0.1, -0.05) is 0 Å². The summed E-state index contributed by atoms with van der Waals surface area (Å²) in [6.07, 6.45) is 2.31. The summed E-state index contributed by atoms with van der Waals surface area (Å²) < 4.78 is 0. The molecule has 3 heterocycles. The van der Waals surface area contributed by atoms with Crippen molar-refractivity contribution < 1.29 is 4.79 Å². The number of hydrogen-bond acceptors (Lipinski definition) is 5. The Morgan fingerprint density at radius 2 is 1.81 bits per heavy atom. The van der Waals surface area contributed by atoms with E-state index in [0.29, 0.717) is 6.54 Å². The first-order chi connectivity index (χ1) is 12.6. The van der Waals surface area contributed by atoms with Crippen LogP contribution in [0.3, 0.4) is 0 Å². The van der Waals surface area contributed by atoms with Crippen LogP contribution >= 0.6 is 11.3 Å². The van der Waals surface area contributed by atoms with Gasteiger partial charge in [-0.05, 0) is 26.7 Å². The monoisotopic (exact) mass is 378 g/mol. The molecule has 2 saturated heterocycles. The maximum atomic E-state index is 12.3. The number of aromatic nitrogens is 1. The van der Waals surface area contributed by atoms with E-state index in [0.717, 1.165) is 75.3 Å². The van der Waals surface area contributed by atoms with Crippen molar-refractivity contribution in [2.75, 3.05) is 52.9 Å². The van der Waals surface area contributed by atoms with Gasteiger partial charge < -0.3 is 15.1 Å². The van der Waals surface area contributed by atoms with Gasteiger partial charge in [0.1, 0.15) is 0 Å². The summed E-state index contributed by atoms with van der Waals surface area (Å²) in [5.74, 6) is 1.22. The van der Waals surface area contributed by atoms with Crippen LogP contribution in [-0.2, 0) is 11.3 Å². The molecule has 8 heteroatoms. The van der Waals surface area contributed by atoms with Crippen LogP contribution in [0.25, 0.3) is 0 Å². The van der Waals surface area contributed by atoms with E-state index in [1.807, 2.05) is 18.9 Å². The van der Waals surface area contributed by atoms with Crippen LogP contribution < -0.4 is 5.32 Å². The molecule has 0 atom stereocenters. The van der Waals surface area contributed by atoms with Crippen molar-refractivity contribution in [2.24, 2.45) is 4.99 Å². The predicted molar refractivity (Wildman–Crippen MR) is 106 cm³/mol. The standard InChI is InChI=1S/C18H30N6OS/c1-14-16(26-15(2)21-14)12-20-18(19-3)24-10-8-22(9-11-24)13-17(25)23-6-4-5-7-23/h4-13H2,1-3H3,(H,19,20). The highest BCUT2D eigenvalue weighted by molar-refractivity contribution is 7.11. The number of likely N-dealkylation sites (tertiary alicyclic amines) is 1. The number of carbonyl (C=O) groups is 1. The second kappa shape index (κ2) is 8.81. The fourth-order valence-corrected chi connectivity index (χ4v) is 4.48. The zero-order chi connectivity index (χ0) is 18.5. The molecule has 3 rings (SSSR count). The lowest BCUT2D eigenvalue weighted by molar-refractivity contribution is -0.131. The molecule has 2 aliphatic rings. The smallest absolute Gasteiger partial charge is 0.236 e. The van der Waals surface area contributed by atoms with E-state index >= 15 is 0 Å². The van der Waals surface area contributed by atoms with Gasteiger partial charge in [0.05, 0.1) is 23.8 Å². The minimum atomic E-state index is 0.287. The number of nitrogens with one attached hydrogen (secondary N) is 1. The number of aliphatic imine (C=N–C) groups is 1. The van der Waals surface area contributed by atoms with Gasteiger partial charge in [-0.3, -0.25) is 14.7 Å². The van der Waals surface area contributed by atoms with Crippen molar-refractivity contribution in [2.45, 2.75) is 33.2 Å². The number of nitrogens with zero attached hydrogens (tertiary/aromatic N) is 5. The molecule has 1 amide bonds. The van der Waals surface area contributed by atoms with E-state index in [1.54, 1.807) is 11.3 Å². The summed E-state index contributed by atoms with van der Waals surface area (Å²) in [6, 6.07) is 0. The summed E-state index contributed by atoms with van der Waals surface area (Å²) >= 11 is 1.74. The summed E-state index contributed by atoms with van der Waals surface area (Å²) in [7, 11) is 1.83. The molecular weight excluding hydrogens is 348 g/mol. The van der Waals surface area contributed by atoms with E-state index < -0.39 is 0 Å². The Balaban J connectivity index is 1.45. The average Bonchev–Trinajstić information content (AvgIpc) is 3.27. The summed E-state index contributed by atoms with van der Waals surface area (Å²) in [6.45, 7) is 10.9. The van der Waals surface area contributed by atoms with E-state index in [-0.39, 0.29) is 5.91 Å². The van der Waals surface area contributed by atoms with Gasteiger partial charge in [-0.2, -0.15) is 0 Å². The third-order valence-electron chi connectivity index (χ3n) is 5.11. The molecule has 1 N–H and O–H groups in total. The van der Waals surface area contributed by atoms with E-state index in [1.165, 1.54) is 4.88 Å². The predicted octanol–water partition coefficient (Wildman–Crippen LogP) is 1.08. The molecule has 26 heavy (non-hydrogen) atoms. The van der Waals surface area contributed by atoms with Crippen molar-refractivity contribution in [3.8, 4) is 0 Å². The number of amides is 1. The molecule has 0 spiro atoms. The minimum Gasteiger partial charge on any atom is -0.351 e. The van der Waals surface area contributed by atoms with Crippen molar-refractivity contribution >= 4 is 23.2 Å². The second-order valence-electron chi connectivity index (χ2n) is 6.99. The fourth-order valence-electron chi connectivity index (χ4n) is 3.60. The normalized spacial score (nSPS) is 19.3. The first-order valence-corrected chi connectivity index (χ1v) is 10.3. The van der Waals surface area contributed by atoms with Crippen molar-refractivity contribution in [1.82, 2.24) is 25.0 Å². The van der Waals surface area contributed by atoms with Crippen LogP contribution in [0.15, 0.2) is 4.99 Å². The summed E-state index contributed by atoms with van der Waals surface area (Å²) in [4.78, 5) is 29.0. The lowest BCUT2D eigenvalue weighted by Gasteiger charge is -2.36. The molecule has 0 unspecified atom stereocenters. The average molecular weight is 379 g/mol. The Kier molecular flexibility index (Phi) is 6.48. The SMILES string of the molecule is CN=C(NCc1sc(C)nc1C)N1CCN(CC(=O)N2CCCC2)CC1. The minimum absolute atomic E-state index is 0.287. The van der Waals surface area contributed by atoms with Crippen LogP contribution in [-0.4, -0.2) is 84.4 Å². The van der Waals surface area contributed by atoms with Gasteiger partial charge in [0.2, 0.25) is 5.91 Å². The topological polar surface area (TPSA) is 64.1 Å². The van der Waals surface area contributed by atoms with E-state index in [2.05, 4.69) is 32.0 Å². The fraction of sp³-hybridized carbons (Fsp3) is 0.722. The summed E-state index contributed by atoms with van der Waals surface area (Å²) in [5.41, 5.74) is 1.10. The Morgan fingerprint density at radius 3 is 2.38 bits per heavy atom. The Hall–Kier alpha value is -1.67. The number of hydrogen-bond donors (Lipinski definition) is 1. The Labute approximate surface area is 160 Å². The lowest BCUT2D eigenvalue weighted by atomic mass is 10.3. The third-order valence-corrected chi connectivity index (χ3v) is 6.18. The molecule has 1 aromatic heterocycles. The molecule has 2 aliphatic heterocycles. The van der Waals surface area contributed by atoms with Gasteiger partial charge in [0.25, 0.3) is 0 Å². The first kappa shape index (κ1) is 19.1. The van der Waals surface area contributed by atoms with Gasteiger partial charge in [0.15, 0.2) is 5.96 Å². The second-order valence-corrected chi connectivity index (χ2v) is 8.28. The number of thiazole rings is 1. The van der Waals surface area contributed by atoms with Crippen molar-refractivity contribution in [1.29, 1.82) is 0 Å². The molecule has 0 radical (unpaired) electrons. The number of aryl methyl sites for hydroxylation is 2. The highest BCUT2D eigenvalue weighted by Crippen LogP contribution is 2.17. The molecule has 144 valence electrons. The van der Waals surface area contributed by atoms with Gasteiger partial charge in [-0.15, -0.1) is 11.3 Å². The van der Waals surface area contributed by atoms with Crippen LogP contribution in [0.5, 0.6) is 0 Å². The summed E-state index contributed by atoms with van der Waals surface area (Å²) in [5, 5.41) is 4.56. The zero-order valence-electron chi connectivity index (χ0n) is 16.1. The molecule has 1 aromatic rings. The first-order valence-electron chi connectivity index (χ1n) is 9.45. The van der Waals surface area contributed by atoms with Crippen LogP contribution in [0.4, 0.5) is 0 Å². The van der Waals surface area contributed by atoms with Crippen molar-refractivity contribution in [3.63, 3.8) is 0 Å². The number of guanidine groups is 1. The largest absolute Gasteiger partial charge is 0.351 e. The van der Waals surface area contributed by atoms with Crippen LogP contribution in [0, 0.1) is 13.8 Å². The van der Waals surface area contributed by atoms with Gasteiger partial charge in [-0.25, -0.2) is 4.98 Å².